The second-order valence-corrected chi connectivity index (χ2v) is 9.64. The number of hydrogen-bond donors (Lipinski definition) is 1. The summed E-state index contributed by atoms with van der Waals surface area (Å²) in [6.07, 6.45) is 0.605. The molecule has 1 N–H and O–H groups in total. The predicted octanol–water partition coefficient (Wildman–Crippen LogP) is 5.74. The van der Waals surface area contributed by atoms with Gasteiger partial charge in [-0.15, -0.1) is 0 Å². The molecule has 0 aliphatic heterocycles. The molecule has 1 atom stereocenters. The highest BCUT2D eigenvalue weighted by molar-refractivity contribution is 5.77. The van der Waals surface area contributed by atoms with Crippen molar-refractivity contribution in [2.75, 3.05) is 27.2 Å². The number of unbranched alkanes of at least 4 members (excludes halogenated alkanes) is 4. The van der Waals surface area contributed by atoms with Crippen molar-refractivity contribution in [2.24, 2.45) is 0 Å². The molecule has 0 radical (unpaired) electrons. The van der Waals surface area contributed by atoms with Gasteiger partial charge in [0.2, 0.25) is 5.91 Å². The smallest absolute Gasteiger partial charge is 0.416 e. The van der Waals surface area contributed by atoms with Gasteiger partial charge in [-0.2, -0.15) is 13.2 Å². The van der Waals surface area contributed by atoms with Gasteiger partial charge < -0.3 is 19.7 Å². The van der Waals surface area contributed by atoms with Gasteiger partial charge >= 0.3 is 12.1 Å². The third-order valence-corrected chi connectivity index (χ3v) is 5.85. The lowest BCUT2D eigenvalue weighted by Gasteiger charge is -2.22. The molecule has 0 spiro atoms. The van der Waals surface area contributed by atoms with Gasteiger partial charge in [0.25, 0.3) is 0 Å². The van der Waals surface area contributed by atoms with Crippen LogP contribution in [0.2, 0.25) is 0 Å². The molecule has 0 aliphatic rings. The fraction of sp³-hybridized carbons (Fsp3) is 0.517. The minimum Gasteiger partial charge on any atom is -0.461 e. The number of likely N-dealkylation sites (N-methyl/N-ethyl adjacent to an activating group) is 1. The van der Waals surface area contributed by atoms with E-state index in [-0.39, 0.29) is 37.6 Å². The summed E-state index contributed by atoms with van der Waals surface area (Å²) in [5, 5.41) is 2.96. The standard InChI is InChI=1S/C29H39F3N2O4/c1-34(2)20-26(19-28(36)38-22-23-11-7-6-8-12-23)33-27(35)13-9-4-3-5-10-18-37-21-24-14-16-25(17-15-24)29(30,31)32/h6-8,11-12,14-17,26H,3-5,9-10,13,18-22H2,1-2H3,(H,33,35)/t26-/m1/s1. The molecule has 0 aliphatic carbocycles. The number of nitrogens with zero attached hydrogens (tertiary/aromatic N) is 1. The Hall–Kier alpha value is -2.91. The highest BCUT2D eigenvalue weighted by Crippen LogP contribution is 2.29. The SMILES string of the molecule is CN(C)C[C@@H](CC(=O)OCc1ccccc1)NC(=O)CCCCCCCOCc1ccc(C(F)(F)F)cc1. The van der Waals surface area contributed by atoms with Gasteiger partial charge in [0.05, 0.1) is 24.6 Å². The monoisotopic (exact) mass is 536 g/mol. The van der Waals surface area contributed by atoms with Gasteiger partial charge in [0, 0.05) is 19.6 Å². The molecule has 0 aromatic heterocycles. The maximum absolute atomic E-state index is 12.6. The first-order valence-corrected chi connectivity index (χ1v) is 13.0. The average Bonchev–Trinajstić information content (AvgIpc) is 2.86. The van der Waals surface area contributed by atoms with Crippen LogP contribution in [0.5, 0.6) is 0 Å². The molecule has 2 aromatic carbocycles. The molecule has 210 valence electrons. The van der Waals surface area contributed by atoms with Crippen LogP contribution in [0.15, 0.2) is 54.6 Å². The largest absolute Gasteiger partial charge is 0.461 e. The van der Waals surface area contributed by atoms with E-state index in [1.807, 2.05) is 49.3 Å². The van der Waals surface area contributed by atoms with Crippen LogP contribution in [-0.4, -0.2) is 50.1 Å². The molecule has 0 unspecified atom stereocenters. The molecule has 9 heteroatoms. The predicted molar refractivity (Wildman–Crippen MR) is 140 cm³/mol. The Balaban J connectivity index is 1.54. The summed E-state index contributed by atoms with van der Waals surface area (Å²) in [5.74, 6) is -0.422. The first-order valence-electron chi connectivity index (χ1n) is 13.0. The van der Waals surface area contributed by atoms with Gasteiger partial charge in [-0.05, 0) is 50.2 Å². The number of alkyl halides is 3. The topological polar surface area (TPSA) is 67.9 Å². The lowest BCUT2D eigenvalue weighted by molar-refractivity contribution is -0.145. The molecule has 1 amide bonds. The zero-order valence-corrected chi connectivity index (χ0v) is 22.3. The van der Waals surface area contributed by atoms with Gasteiger partial charge in [-0.25, -0.2) is 0 Å². The fourth-order valence-corrected chi connectivity index (χ4v) is 3.90. The van der Waals surface area contributed by atoms with E-state index in [1.165, 1.54) is 12.1 Å². The summed E-state index contributed by atoms with van der Waals surface area (Å²) < 4.78 is 48.7. The molecular weight excluding hydrogens is 497 g/mol. The number of rotatable bonds is 17. The van der Waals surface area contributed by atoms with Crippen LogP contribution in [0.4, 0.5) is 13.2 Å². The number of halogens is 3. The van der Waals surface area contributed by atoms with Gasteiger partial charge in [-0.1, -0.05) is 61.7 Å². The number of nitrogens with one attached hydrogen (secondary N) is 1. The van der Waals surface area contributed by atoms with Crippen molar-refractivity contribution in [3.05, 3.63) is 71.3 Å². The minimum absolute atomic E-state index is 0.0763. The third kappa shape index (κ3) is 13.6. The average molecular weight is 537 g/mol. The van der Waals surface area contributed by atoms with E-state index in [0.717, 1.165) is 49.8 Å². The molecule has 0 heterocycles. The number of benzene rings is 2. The van der Waals surface area contributed by atoms with Crippen LogP contribution < -0.4 is 5.32 Å². The second kappa shape index (κ2) is 16.8. The summed E-state index contributed by atoms with van der Waals surface area (Å²) >= 11 is 0. The Morgan fingerprint density at radius 3 is 2.16 bits per heavy atom. The van der Waals surface area contributed by atoms with Crippen molar-refractivity contribution < 1.29 is 32.2 Å². The van der Waals surface area contributed by atoms with E-state index in [2.05, 4.69) is 5.32 Å². The van der Waals surface area contributed by atoms with Crippen molar-refractivity contribution in [1.82, 2.24) is 10.2 Å². The second-order valence-electron chi connectivity index (χ2n) is 9.64. The quantitative estimate of drug-likeness (QED) is 0.206. The summed E-state index contributed by atoms with van der Waals surface area (Å²) in [7, 11) is 3.78. The Bertz CT molecular complexity index is 951. The van der Waals surface area contributed by atoms with Gasteiger partial charge in [0.15, 0.2) is 0 Å². The van der Waals surface area contributed by atoms with E-state index in [1.54, 1.807) is 0 Å². The van der Waals surface area contributed by atoms with Crippen LogP contribution in [0.1, 0.15) is 61.6 Å². The summed E-state index contributed by atoms with van der Waals surface area (Å²) in [5.41, 5.74) is 0.963. The number of hydrogen-bond acceptors (Lipinski definition) is 5. The first-order chi connectivity index (χ1) is 18.1. The Morgan fingerprint density at radius 2 is 1.50 bits per heavy atom. The summed E-state index contributed by atoms with van der Waals surface area (Å²) in [6.45, 7) is 1.57. The first kappa shape index (κ1) is 31.3. The number of ether oxygens (including phenoxy) is 2. The molecular formula is C29H39F3N2O4. The van der Waals surface area contributed by atoms with Crippen LogP contribution in [0, 0.1) is 0 Å². The van der Waals surface area contributed by atoms with Crippen LogP contribution in [0.3, 0.4) is 0 Å². The molecule has 2 aromatic rings. The van der Waals surface area contributed by atoms with Gasteiger partial charge in [0.1, 0.15) is 6.61 Å². The van der Waals surface area contributed by atoms with E-state index in [9.17, 15) is 22.8 Å². The van der Waals surface area contributed by atoms with Crippen molar-refractivity contribution in [1.29, 1.82) is 0 Å². The highest BCUT2D eigenvalue weighted by Gasteiger charge is 2.29. The molecule has 0 fully saturated rings. The Labute approximate surface area is 223 Å². The Morgan fingerprint density at radius 1 is 0.868 bits per heavy atom. The van der Waals surface area contributed by atoms with E-state index in [4.69, 9.17) is 9.47 Å². The summed E-state index contributed by atoms with van der Waals surface area (Å²) in [4.78, 5) is 26.6. The molecule has 2 rings (SSSR count). The van der Waals surface area contributed by atoms with Crippen molar-refractivity contribution in [2.45, 2.75) is 70.4 Å². The Kier molecular flexibility index (Phi) is 13.9. The lowest BCUT2D eigenvalue weighted by Crippen LogP contribution is -2.43. The number of carbonyl (C=O) groups excluding carboxylic acids is 2. The zero-order chi connectivity index (χ0) is 27.8. The minimum atomic E-state index is -4.33. The maximum atomic E-state index is 12.6. The van der Waals surface area contributed by atoms with E-state index < -0.39 is 11.7 Å². The van der Waals surface area contributed by atoms with E-state index in [0.29, 0.717) is 25.1 Å². The molecule has 38 heavy (non-hydrogen) atoms. The zero-order valence-electron chi connectivity index (χ0n) is 22.3. The van der Waals surface area contributed by atoms with Crippen molar-refractivity contribution in [3.63, 3.8) is 0 Å². The fourth-order valence-electron chi connectivity index (χ4n) is 3.90. The molecule has 6 nitrogen and oxygen atoms in total. The van der Waals surface area contributed by atoms with E-state index >= 15 is 0 Å². The molecule has 0 bridgehead atoms. The van der Waals surface area contributed by atoms with Gasteiger partial charge in [-0.3, -0.25) is 9.59 Å². The third-order valence-electron chi connectivity index (χ3n) is 5.85. The van der Waals surface area contributed by atoms with Crippen LogP contribution >= 0.6 is 0 Å². The van der Waals surface area contributed by atoms with Crippen LogP contribution in [-0.2, 0) is 38.5 Å². The van der Waals surface area contributed by atoms with Crippen LogP contribution in [0.25, 0.3) is 0 Å². The summed E-state index contributed by atoms with van der Waals surface area (Å²) in [6, 6.07) is 14.1. The number of esters is 1. The molecule has 0 saturated heterocycles. The van der Waals surface area contributed by atoms with Crippen molar-refractivity contribution in [3.8, 4) is 0 Å². The van der Waals surface area contributed by atoms with Crippen molar-refractivity contribution >= 4 is 11.9 Å². The number of amides is 1. The molecule has 0 saturated carbocycles. The lowest BCUT2D eigenvalue weighted by atomic mass is 10.1. The number of carbonyl (C=O) groups is 2. The maximum Gasteiger partial charge on any atom is 0.416 e. The normalized spacial score (nSPS) is 12.4. The highest BCUT2D eigenvalue weighted by atomic mass is 19.4.